The van der Waals surface area contributed by atoms with Crippen LogP contribution in [0.2, 0.25) is 0 Å². The van der Waals surface area contributed by atoms with Gasteiger partial charge in [-0.25, -0.2) is 0 Å². The Morgan fingerprint density at radius 2 is 1.82 bits per heavy atom. The predicted molar refractivity (Wildman–Crippen MR) is 53.8 cm³/mol. The molecule has 0 aliphatic rings. The van der Waals surface area contributed by atoms with Crippen molar-refractivity contribution in [2.75, 3.05) is 0 Å². The van der Waals surface area contributed by atoms with Crippen molar-refractivity contribution in [1.29, 1.82) is 0 Å². The molecule has 0 aliphatic carbocycles. The zero-order valence-electron chi connectivity index (χ0n) is 8.23. The Balaban J connectivity index is 3.27. The number of carbonyl (C=O) groups excluding carboxylic acids is 1. The maximum absolute atomic E-state index is 10.6. The Hall–Kier alpha value is -2.77. The molecular formula is C9H5N2O6-. The monoisotopic (exact) mass is 237 g/mol. The van der Waals surface area contributed by atoms with Crippen LogP contribution in [0.3, 0.4) is 0 Å². The van der Waals surface area contributed by atoms with Crippen LogP contribution in [-0.2, 0) is 4.79 Å². The molecule has 0 aliphatic heterocycles. The Labute approximate surface area is 94.1 Å². The van der Waals surface area contributed by atoms with Crippen LogP contribution >= 0.6 is 0 Å². The summed E-state index contributed by atoms with van der Waals surface area (Å²) in [6, 6.07) is 2.90. The fourth-order valence-corrected chi connectivity index (χ4v) is 1.10. The van der Waals surface area contributed by atoms with E-state index in [1.54, 1.807) is 0 Å². The average Bonchev–Trinajstić information content (AvgIpc) is 2.25. The van der Waals surface area contributed by atoms with E-state index in [9.17, 15) is 30.1 Å². The van der Waals surface area contributed by atoms with Gasteiger partial charge in [-0.2, -0.15) is 0 Å². The quantitative estimate of drug-likeness (QED) is 0.420. The third-order valence-electron chi connectivity index (χ3n) is 1.82. The van der Waals surface area contributed by atoms with Crippen molar-refractivity contribution >= 4 is 23.4 Å². The molecule has 1 aromatic carbocycles. The van der Waals surface area contributed by atoms with E-state index in [0.29, 0.717) is 6.08 Å². The highest BCUT2D eigenvalue weighted by Gasteiger charge is 2.17. The molecule has 0 spiro atoms. The average molecular weight is 237 g/mol. The van der Waals surface area contributed by atoms with Crippen LogP contribution in [0.5, 0.6) is 0 Å². The molecular weight excluding hydrogens is 232 g/mol. The van der Waals surface area contributed by atoms with Crippen molar-refractivity contribution in [1.82, 2.24) is 0 Å². The van der Waals surface area contributed by atoms with Gasteiger partial charge in [0.1, 0.15) is 0 Å². The maximum Gasteiger partial charge on any atom is 0.283 e. The molecule has 0 amide bonds. The number of rotatable bonds is 4. The SMILES string of the molecule is O=C([O-])/C=C/c1ccc([N+](=O)[O-])cc1[N+](=O)[O-]. The van der Waals surface area contributed by atoms with Crippen LogP contribution in [0.1, 0.15) is 5.56 Å². The molecule has 0 N–H and O–H groups in total. The Morgan fingerprint density at radius 3 is 2.29 bits per heavy atom. The number of benzene rings is 1. The number of non-ortho nitro benzene ring substituents is 1. The molecule has 0 fully saturated rings. The van der Waals surface area contributed by atoms with Crippen molar-refractivity contribution in [3.8, 4) is 0 Å². The molecule has 0 bridgehead atoms. The summed E-state index contributed by atoms with van der Waals surface area (Å²) in [5, 5.41) is 31.2. The lowest BCUT2D eigenvalue weighted by Crippen LogP contribution is -2.18. The highest BCUT2D eigenvalue weighted by Crippen LogP contribution is 2.25. The number of nitro benzene ring substituents is 2. The first-order valence-corrected chi connectivity index (χ1v) is 4.23. The summed E-state index contributed by atoms with van der Waals surface area (Å²) < 4.78 is 0. The smallest absolute Gasteiger partial charge is 0.283 e. The number of carboxylic acid groups (broad SMARTS) is 1. The topological polar surface area (TPSA) is 126 Å². The van der Waals surface area contributed by atoms with Gasteiger partial charge in [0.2, 0.25) is 0 Å². The molecule has 8 nitrogen and oxygen atoms in total. The van der Waals surface area contributed by atoms with Gasteiger partial charge in [0.25, 0.3) is 11.4 Å². The molecule has 0 saturated heterocycles. The highest BCUT2D eigenvalue weighted by atomic mass is 16.6. The van der Waals surface area contributed by atoms with Crippen molar-refractivity contribution < 1.29 is 19.7 Å². The van der Waals surface area contributed by atoms with Crippen molar-refractivity contribution in [2.24, 2.45) is 0 Å². The molecule has 0 saturated carbocycles. The summed E-state index contributed by atoms with van der Waals surface area (Å²) in [6.07, 6.45) is 1.55. The van der Waals surface area contributed by atoms with E-state index in [1.165, 1.54) is 0 Å². The first kappa shape index (κ1) is 12.3. The summed E-state index contributed by atoms with van der Waals surface area (Å²) in [5.41, 5.74) is -1.04. The molecule has 0 atom stereocenters. The number of hydrogen-bond donors (Lipinski definition) is 0. The minimum absolute atomic E-state index is 0.0511. The van der Waals surface area contributed by atoms with Crippen LogP contribution < -0.4 is 5.11 Å². The van der Waals surface area contributed by atoms with Crippen LogP contribution in [0.25, 0.3) is 6.08 Å². The van der Waals surface area contributed by atoms with E-state index >= 15 is 0 Å². The zero-order valence-corrected chi connectivity index (χ0v) is 8.23. The number of nitrogens with zero attached hydrogens (tertiary/aromatic N) is 2. The van der Waals surface area contributed by atoms with E-state index < -0.39 is 27.2 Å². The molecule has 1 aromatic rings. The Kier molecular flexibility index (Phi) is 3.50. The van der Waals surface area contributed by atoms with Crippen LogP contribution in [0.4, 0.5) is 11.4 Å². The molecule has 0 aromatic heterocycles. The first-order valence-electron chi connectivity index (χ1n) is 4.23. The molecule has 1 rings (SSSR count). The van der Waals surface area contributed by atoms with Gasteiger partial charge in [0, 0.05) is 6.07 Å². The number of carbonyl (C=O) groups is 1. The second-order valence-corrected chi connectivity index (χ2v) is 2.91. The molecule has 88 valence electrons. The normalized spacial score (nSPS) is 10.4. The van der Waals surface area contributed by atoms with Crippen molar-refractivity contribution in [2.45, 2.75) is 0 Å². The summed E-state index contributed by atoms with van der Waals surface area (Å²) in [7, 11) is 0. The molecule has 0 heterocycles. The van der Waals surface area contributed by atoms with Crippen molar-refractivity contribution in [3.05, 3.63) is 50.1 Å². The van der Waals surface area contributed by atoms with Gasteiger partial charge in [0.05, 0.1) is 27.4 Å². The van der Waals surface area contributed by atoms with Crippen LogP contribution in [0, 0.1) is 20.2 Å². The van der Waals surface area contributed by atoms with E-state index in [-0.39, 0.29) is 5.56 Å². The number of hydrogen-bond acceptors (Lipinski definition) is 6. The van der Waals surface area contributed by atoms with Gasteiger partial charge >= 0.3 is 0 Å². The third kappa shape index (κ3) is 3.09. The van der Waals surface area contributed by atoms with Gasteiger partial charge < -0.3 is 9.90 Å². The Morgan fingerprint density at radius 1 is 1.18 bits per heavy atom. The minimum atomic E-state index is -1.52. The van der Waals surface area contributed by atoms with Gasteiger partial charge in [0.15, 0.2) is 0 Å². The fraction of sp³-hybridized carbons (Fsp3) is 0. The summed E-state index contributed by atoms with van der Waals surface area (Å²) >= 11 is 0. The second kappa shape index (κ2) is 4.84. The minimum Gasteiger partial charge on any atom is -0.545 e. The first-order chi connectivity index (χ1) is 7.91. The maximum atomic E-state index is 10.6. The Bertz CT molecular complexity index is 522. The molecule has 0 unspecified atom stereocenters. The summed E-state index contributed by atoms with van der Waals surface area (Å²) in [4.78, 5) is 29.6. The van der Waals surface area contributed by atoms with E-state index in [1.807, 2.05) is 0 Å². The number of nitro groups is 2. The standard InChI is InChI=1S/C9H6N2O6/c12-9(13)4-2-6-1-3-7(10(14)15)5-8(6)11(16)17/h1-5H,(H,12,13)/p-1/b4-2+. The number of carboxylic acids is 1. The van der Waals surface area contributed by atoms with Crippen molar-refractivity contribution in [3.63, 3.8) is 0 Å². The van der Waals surface area contributed by atoms with Gasteiger partial charge in [-0.1, -0.05) is 0 Å². The predicted octanol–water partition coefficient (Wildman–Crippen LogP) is 0.266. The zero-order chi connectivity index (χ0) is 13.0. The lowest BCUT2D eigenvalue weighted by atomic mass is 10.1. The van der Waals surface area contributed by atoms with E-state index in [4.69, 9.17) is 0 Å². The lowest BCUT2D eigenvalue weighted by molar-refractivity contribution is -0.394. The van der Waals surface area contributed by atoms with Gasteiger partial charge in [-0.05, 0) is 18.2 Å². The van der Waals surface area contributed by atoms with Crippen LogP contribution in [-0.4, -0.2) is 15.8 Å². The molecule has 8 heteroatoms. The second-order valence-electron chi connectivity index (χ2n) is 2.91. The number of aliphatic carboxylic acids is 1. The molecule has 17 heavy (non-hydrogen) atoms. The third-order valence-corrected chi connectivity index (χ3v) is 1.82. The molecule has 0 radical (unpaired) electrons. The summed E-state index contributed by atoms with van der Waals surface area (Å²) in [5.74, 6) is -1.52. The largest absolute Gasteiger partial charge is 0.545 e. The van der Waals surface area contributed by atoms with E-state index in [0.717, 1.165) is 24.3 Å². The van der Waals surface area contributed by atoms with Gasteiger partial charge in [-0.3, -0.25) is 20.2 Å². The highest BCUT2D eigenvalue weighted by molar-refractivity contribution is 5.84. The fourth-order valence-electron chi connectivity index (χ4n) is 1.10. The van der Waals surface area contributed by atoms with Crippen LogP contribution in [0.15, 0.2) is 24.3 Å². The van der Waals surface area contributed by atoms with Gasteiger partial charge in [-0.15, -0.1) is 0 Å². The van der Waals surface area contributed by atoms with E-state index in [2.05, 4.69) is 0 Å². The summed E-state index contributed by atoms with van der Waals surface area (Å²) in [6.45, 7) is 0. The lowest BCUT2D eigenvalue weighted by Gasteiger charge is -1.98.